The second kappa shape index (κ2) is 7.51. The lowest BCUT2D eigenvalue weighted by atomic mass is 10.4. The van der Waals surface area contributed by atoms with Crippen LogP contribution in [0.25, 0.3) is 0 Å². The van der Waals surface area contributed by atoms with E-state index >= 15 is 0 Å². The summed E-state index contributed by atoms with van der Waals surface area (Å²) >= 11 is 1.40. The molecule has 5 heteroatoms. The Morgan fingerprint density at radius 2 is 1.94 bits per heavy atom. The highest BCUT2D eigenvalue weighted by molar-refractivity contribution is 8.02. The molecule has 0 fully saturated rings. The highest BCUT2D eigenvalue weighted by atomic mass is 32.2. The Balaban J connectivity index is 2.24. The third kappa shape index (κ3) is 6.42. The summed E-state index contributed by atoms with van der Waals surface area (Å²) in [6.07, 6.45) is 1.28. The van der Waals surface area contributed by atoms with Crippen molar-refractivity contribution < 1.29 is 19.1 Å². The molecule has 90 valence electrons. The summed E-state index contributed by atoms with van der Waals surface area (Å²) in [5, 5.41) is 1.62. The van der Waals surface area contributed by atoms with E-state index in [9.17, 15) is 9.59 Å². The summed E-state index contributed by atoms with van der Waals surface area (Å²) in [6, 6.07) is 9.60. The Hall–Kier alpha value is -1.75. The van der Waals surface area contributed by atoms with Gasteiger partial charge in [-0.05, 0) is 17.5 Å². The zero-order valence-corrected chi connectivity index (χ0v) is 10.1. The summed E-state index contributed by atoms with van der Waals surface area (Å²) in [7, 11) is 0. The Morgan fingerprint density at radius 3 is 2.59 bits per heavy atom. The number of ether oxygens (including phenoxy) is 2. The molecule has 0 bridgehead atoms. The molecule has 0 saturated heterocycles. The van der Waals surface area contributed by atoms with E-state index in [-0.39, 0.29) is 6.79 Å². The maximum Gasteiger partial charge on any atom is 0.334 e. The largest absolute Gasteiger partial charge is 0.428 e. The van der Waals surface area contributed by atoms with E-state index < -0.39 is 11.9 Å². The van der Waals surface area contributed by atoms with Gasteiger partial charge in [0.25, 0.3) is 0 Å². The first-order valence-corrected chi connectivity index (χ1v) is 5.75. The van der Waals surface area contributed by atoms with Gasteiger partial charge in [0, 0.05) is 17.9 Å². The van der Waals surface area contributed by atoms with Gasteiger partial charge in [0.1, 0.15) is 0 Å². The molecule has 0 radical (unpaired) electrons. The van der Waals surface area contributed by atoms with Crippen LogP contribution in [-0.4, -0.2) is 18.7 Å². The fourth-order valence-electron chi connectivity index (χ4n) is 0.886. The first-order valence-electron chi connectivity index (χ1n) is 4.87. The number of hydrogen-bond donors (Lipinski definition) is 0. The molecular weight excluding hydrogens is 240 g/mol. The Morgan fingerprint density at radius 1 is 1.24 bits per heavy atom. The lowest BCUT2D eigenvalue weighted by Crippen LogP contribution is -2.08. The van der Waals surface area contributed by atoms with Crippen molar-refractivity contribution >= 4 is 23.7 Å². The minimum absolute atomic E-state index is 0.353. The van der Waals surface area contributed by atoms with Crippen molar-refractivity contribution in [3.63, 3.8) is 0 Å². The van der Waals surface area contributed by atoms with Crippen LogP contribution in [0.5, 0.6) is 0 Å². The molecule has 0 aliphatic rings. The molecule has 0 aromatic heterocycles. The summed E-state index contributed by atoms with van der Waals surface area (Å²) in [4.78, 5) is 22.5. The molecule has 17 heavy (non-hydrogen) atoms. The van der Waals surface area contributed by atoms with Crippen molar-refractivity contribution in [2.45, 2.75) is 11.8 Å². The van der Waals surface area contributed by atoms with Gasteiger partial charge in [-0.2, -0.15) is 0 Å². The van der Waals surface area contributed by atoms with E-state index in [1.54, 1.807) is 5.41 Å². The number of thioether (sulfide) groups is 1. The molecule has 0 heterocycles. The van der Waals surface area contributed by atoms with Crippen LogP contribution < -0.4 is 0 Å². The van der Waals surface area contributed by atoms with Crippen molar-refractivity contribution in [3.8, 4) is 0 Å². The van der Waals surface area contributed by atoms with E-state index in [2.05, 4.69) is 9.47 Å². The topological polar surface area (TPSA) is 52.6 Å². The summed E-state index contributed by atoms with van der Waals surface area (Å²) in [5.41, 5.74) is 0. The maximum absolute atomic E-state index is 11.1. The predicted molar refractivity (Wildman–Crippen MR) is 64.2 cm³/mol. The highest BCUT2D eigenvalue weighted by Crippen LogP contribution is 2.17. The second-order valence-electron chi connectivity index (χ2n) is 2.95. The minimum atomic E-state index is -0.547. The van der Waals surface area contributed by atoms with Crippen molar-refractivity contribution in [2.75, 3.05) is 6.79 Å². The standard InChI is InChI=1S/C12H12O4S/c1-10(13)15-9-16-12(14)7-8-17-11-5-3-2-4-6-11/h2-8H,9H2,1H3. The highest BCUT2D eigenvalue weighted by Gasteiger charge is 1.98. The molecule has 0 aliphatic carbocycles. The van der Waals surface area contributed by atoms with Crippen molar-refractivity contribution in [2.24, 2.45) is 0 Å². The van der Waals surface area contributed by atoms with Gasteiger partial charge in [0.2, 0.25) is 6.79 Å². The van der Waals surface area contributed by atoms with Crippen molar-refractivity contribution in [1.29, 1.82) is 0 Å². The zero-order valence-electron chi connectivity index (χ0n) is 9.29. The maximum atomic E-state index is 11.1. The molecule has 0 saturated carbocycles. The molecule has 1 rings (SSSR count). The van der Waals surface area contributed by atoms with Crippen molar-refractivity contribution in [3.05, 3.63) is 41.8 Å². The van der Waals surface area contributed by atoms with Crippen LogP contribution >= 0.6 is 11.8 Å². The third-order valence-corrected chi connectivity index (χ3v) is 2.43. The fraction of sp³-hybridized carbons (Fsp3) is 0.167. The van der Waals surface area contributed by atoms with Crippen LogP contribution in [0.4, 0.5) is 0 Å². The van der Waals surface area contributed by atoms with Gasteiger partial charge in [0.05, 0.1) is 0 Å². The molecule has 0 unspecified atom stereocenters. The molecule has 0 atom stereocenters. The number of hydrogen-bond acceptors (Lipinski definition) is 5. The molecule has 0 amide bonds. The van der Waals surface area contributed by atoms with Gasteiger partial charge in [-0.1, -0.05) is 30.0 Å². The van der Waals surface area contributed by atoms with Crippen LogP contribution in [0.3, 0.4) is 0 Å². The first-order chi connectivity index (χ1) is 8.18. The number of carbonyl (C=O) groups is 2. The van der Waals surface area contributed by atoms with Gasteiger partial charge in [-0.3, -0.25) is 4.79 Å². The van der Waals surface area contributed by atoms with E-state index in [0.29, 0.717) is 0 Å². The van der Waals surface area contributed by atoms with Gasteiger partial charge in [0.15, 0.2) is 0 Å². The van der Waals surface area contributed by atoms with E-state index in [4.69, 9.17) is 0 Å². The summed E-state index contributed by atoms with van der Waals surface area (Å²) in [5.74, 6) is -1.03. The zero-order chi connectivity index (χ0) is 12.5. The van der Waals surface area contributed by atoms with Crippen LogP contribution in [0.1, 0.15) is 6.92 Å². The predicted octanol–water partition coefficient (Wildman–Crippen LogP) is 2.36. The second-order valence-corrected chi connectivity index (χ2v) is 3.93. The number of benzene rings is 1. The third-order valence-electron chi connectivity index (χ3n) is 1.61. The molecule has 1 aromatic rings. The van der Waals surface area contributed by atoms with Crippen LogP contribution in [0.2, 0.25) is 0 Å². The van der Waals surface area contributed by atoms with Crippen molar-refractivity contribution in [1.82, 2.24) is 0 Å². The Kier molecular flexibility index (Phi) is 5.88. The molecule has 0 spiro atoms. The number of esters is 2. The van der Waals surface area contributed by atoms with Gasteiger partial charge < -0.3 is 9.47 Å². The van der Waals surface area contributed by atoms with Crippen LogP contribution in [-0.2, 0) is 19.1 Å². The smallest absolute Gasteiger partial charge is 0.334 e. The average molecular weight is 252 g/mol. The SMILES string of the molecule is CC(=O)OCOC(=O)C=CSc1ccccc1. The molecule has 1 aromatic carbocycles. The summed E-state index contributed by atoms with van der Waals surface area (Å²) < 4.78 is 9.06. The van der Waals surface area contributed by atoms with Gasteiger partial charge in [-0.25, -0.2) is 4.79 Å². The number of carbonyl (C=O) groups excluding carboxylic acids is 2. The quantitative estimate of drug-likeness (QED) is 0.348. The lowest BCUT2D eigenvalue weighted by molar-refractivity contribution is -0.162. The Labute approximate surface area is 104 Å². The first kappa shape index (κ1) is 13.3. The molecule has 0 N–H and O–H groups in total. The van der Waals surface area contributed by atoms with E-state index in [1.807, 2.05) is 30.3 Å². The van der Waals surface area contributed by atoms with Crippen LogP contribution in [0.15, 0.2) is 46.7 Å². The van der Waals surface area contributed by atoms with E-state index in [1.165, 1.54) is 24.8 Å². The van der Waals surface area contributed by atoms with E-state index in [0.717, 1.165) is 4.90 Å². The molecular formula is C12H12O4S. The normalized spacial score (nSPS) is 10.2. The Bertz CT molecular complexity index is 400. The van der Waals surface area contributed by atoms with Gasteiger partial charge >= 0.3 is 11.9 Å². The number of rotatable bonds is 5. The lowest BCUT2D eigenvalue weighted by Gasteiger charge is -2.00. The van der Waals surface area contributed by atoms with Crippen LogP contribution in [0, 0.1) is 0 Å². The monoisotopic (exact) mass is 252 g/mol. The van der Waals surface area contributed by atoms with Gasteiger partial charge in [-0.15, -0.1) is 0 Å². The molecule has 4 nitrogen and oxygen atoms in total. The molecule has 0 aliphatic heterocycles. The summed E-state index contributed by atoms with van der Waals surface area (Å²) in [6.45, 7) is 0.892. The fourth-order valence-corrected chi connectivity index (χ4v) is 1.54. The minimum Gasteiger partial charge on any atom is -0.428 e. The average Bonchev–Trinajstić information content (AvgIpc) is 2.30.